The molecule has 0 bridgehead atoms. The van der Waals surface area contributed by atoms with Gasteiger partial charge in [-0.3, -0.25) is 9.59 Å². The van der Waals surface area contributed by atoms with Crippen molar-refractivity contribution in [3.05, 3.63) is 34.1 Å². The average molecular weight is 253 g/mol. The zero-order valence-electron chi connectivity index (χ0n) is 7.56. The standard InChI is InChI=1S/C9H4ClF3O3/c10-7-8(12)3(1-4(11)9(7)13)5(14)2-6(15)16/h1H,2H2,(H,15,16). The molecule has 1 aromatic carbocycles. The Hall–Kier alpha value is -1.56. The van der Waals surface area contributed by atoms with Gasteiger partial charge in [-0.05, 0) is 6.07 Å². The molecule has 0 atom stereocenters. The molecule has 0 aliphatic rings. The van der Waals surface area contributed by atoms with Gasteiger partial charge in [0.2, 0.25) is 0 Å². The minimum Gasteiger partial charge on any atom is -0.481 e. The first-order chi connectivity index (χ1) is 7.34. The lowest BCUT2D eigenvalue weighted by atomic mass is 10.1. The number of Topliss-reactive ketones (excluding diaryl/α,β-unsaturated/α-hetero) is 1. The molecule has 3 nitrogen and oxygen atoms in total. The van der Waals surface area contributed by atoms with Crippen LogP contribution < -0.4 is 0 Å². The second-order valence-corrected chi connectivity index (χ2v) is 3.22. The quantitative estimate of drug-likeness (QED) is 0.389. The number of carbonyl (C=O) groups excluding carboxylic acids is 1. The molecule has 0 aromatic heterocycles. The van der Waals surface area contributed by atoms with E-state index in [2.05, 4.69) is 0 Å². The molecule has 0 fully saturated rings. The number of hydrogen-bond acceptors (Lipinski definition) is 2. The molecule has 16 heavy (non-hydrogen) atoms. The molecule has 0 unspecified atom stereocenters. The summed E-state index contributed by atoms with van der Waals surface area (Å²) in [5, 5.41) is 7.11. The first-order valence-corrected chi connectivity index (χ1v) is 4.30. The molecule has 0 radical (unpaired) electrons. The largest absolute Gasteiger partial charge is 0.481 e. The summed E-state index contributed by atoms with van der Waals surface area (Å²) in [6.45, 7) is 0. The van der Waals surface area contributed by atoms with Crippen molar-refractivity contribution in [2.45, 2.75) is 6.42 Å². The maximum absolute atomic E-state index is 13.2. The van der Waals surface area contributed by atoms with Gasteiger partial charge in [-0.25, -0.2) is 13.2 Å². The van der Waals surface area contributed by atoms with E-state index >= 15 is 0 Å². The predicted octanol–water partition coefficient (Wildman–Crippen LogP) is 2.41. The van der Waals surface area contributed by atoms with Crippen LogP contribution in [0.1, 0.15) is 16.8 Å². The summed E-state index contributed by atoms with van der Waals surface area (Å²) in [7, 11) is 0. The normalized spacial score (nSPS) is 10.2. The number of aliphatic carboxylic acids is 1. The van der Waals surface area contributed by atoms with E-state index in [-0.39, 0.29) is 6.07 Å². The fourth-order valence-corrected chi connectivity index (χ4v) is 1.20. The van der Waals surface area contributed by atoms with E-state index in [1.807, 2.05) is 0 Å². The van der Waals surface area contributed by atoms with E-state index in [9.17, 15) is 22.8 Å². The number of hydrogen-bond donors (Lipinski definition) is 1. The summed E-state index contributed by atoms with van der Waals surface area (Å²) in [5.41, 5.74) is -0.883. The van der Waals surface area contributed by atoms with Crippen LogP contribution in [0.5, 0.6) is 0 Å². The van der Waals surface area contributed by atoms with Gasteiger partial charge >= 0.3 is 5.97 Å². The van der Waals surface area contributed by atoms with E-state index in [1.165, 1.54) is 0 Å². The Morgan fingerprint density at radius 3 is 2.31 bits per heavy atom. The molecule has 1 rings (SSSR count). The zero-order chi connectivity index (χ0) is 12.5. The molecule has 0 heterocycles. The SMILES string of the molecule is O=C(O)CC(=O)c1cc(F)c(F)c(Cl)c1F. The summed E-state index contributed by atoms with van der Waals surface area (Å²) in [4.78, 5) is 21.3. The lowest BCUT2D eigenvalue weighted by Crippen LogP contribution is -2.10. The molecular formula is C9H4ClF3O3. The van der Waals surface area contributed by atoms with Crippen LogP contribution in [-0.2, 0) is 4.79 Å². The number of carboxylic acids is 1. The molecule has 1 aromatic rings. The highest BCUT2D eigenvalue weighted by Gasteiger charge is 2.22. The van der Waals surface area contributed by atoms with Crippen LogP contribution >= 0.6 is 11.6 Å². The van der Waals surface area contributed by atoms with Gasteiger partial charge in [0, 0.05) is 0 Å². The van der Waals surface area contributed by atoms with Crippen LogP contribution in [0.25, 0.3) is 0 Å². The minimum absolute atomic E-state index is 0.280. The van der Waals surface area contributed by atoms with Gasteiger partial charge in [0.05, 0.1) is 5.56 Å². The van der Waals surface area contributed by atoms with Crippen LogP contribution in [-0.4, -0.2) is 16.9 Å². The molecule has 0 aliphatic carbocycles. The van der Waals surface area contributed by atoms with Crippen molar-refractivity contribution in [1.82, 2.24) is 0 Å². The Kier molecular flexibility index (Phi) is 3.54. The fraction of sp³-hybridized carbons (Fsp3) is 0.111. The molecule has 0 saturated heterocycles. The summed E-state index contributed by atoms with van der Waals surface area (Å²) >= 11 is 5.08. The maximum atomic E-state index is 13.2. The number of carboxylic acid groups (broad SMARTS) is 1. The summed E-state index contributed by atoms with van der Waals surface area (Å²) < 4.78 is 38.7. The highest BCUT2D eigenvalue weighted by molar-refractivity contribution is 6.31. The van der Waals surface area contributed by atoms with Crippen LogP contribution in [0.4, 0.5) is 13.2 Å². The van der Waals surface area contributed by atoms with Crippen molar-refractivity contribution in [2.75, 3.05) is 0 Å². The first-order valence-electron chi connectivity index (χ1n) is 3.92. The molecule has 1 N–H and O–H groups in total. The van der Waals surface area contributed by atoms with Crippen LogP contribution in [0.3, 0.4) is 0 Å². The Morgan fingerprint density at radius 1 is 1.25 bits per heavy atom. The number of rotatable bonds is 3. The third-order valence-electron chi connectivity index (χ3n) is 1.71. The second-order valence-electron chi connectivity index (χ2n) is 2.84. The van der Waals surface area contributed by atoms with E-state index < -0.39 is 46.2 Å². The third-order valence-corrected chi connectivity index (χ3v) is 2.05. The number of ketones is 1. The van der Waals surface area contributed by atoms with Gasteiger partial charge in [0.1, 0.15) is 11.4 Å². The van der Waals surface area contributed by atoms with Crippen LogP contribution in [0.2, 0.25) is 5.02 Å². The molecule has 0 saturated carbocycles. The Balaban J connectivity index is 3.25. The van der Waals surface area contributed by atoms with Crippen molar-refractivity contribution in [1.29, 1.82) is 0 Å². The van der Waals surface area contributed by atoms with E-state index in [0.717, 1.165) is 0 Å². The van der Waals surface area contributed by atoms with Crippen molar-refractivity contribution in [3.8, 4) is 0 Å². The maximum Gasteiger partial charge on any atom is 0.311 e. The van der Waals surface area contributed by atoms with Crippen molar-refractivity contribution in [3.63, 3.8) is 0 Å². The Labute approximate surface area is 92.4 Å². The monoisotopic (exact) mass is 252 g/mol. The third kappa shape index (κ3) is 2.33. The number of carbonyl (C=O) groups is 2. The molecular weight excluding hydrogens is 249 g/mol. The number of benzene rings is 1. The van der Waals surface area contributed by atoms with Gasteiger partial charge < -0.3 is 5.11 Å². The van der Waals surface area contributed by atoms with Crippen molar-refractivity contribution >= 4 is 23.4 Å². The smallest absolute Gasteiger partial charge is 0.311 e. The van der Waals surface area contributed by atoms with E-state index in [0.29, 0.717) is 0 Å². The summed E-state index contributed by atoms with van der Waals surface area (Å²) in [6, 6.07) is 0.280. The Bertz CT molecular complexity index is 474. The summed E-state index contributed by atoms with van der Waals surface area (Å²) in [6.07, 6.45) is -1.03. The second kappa shape index (κ2) is 4.52. The molecule has 0 aliphatic heterocycles. The highest BCUT2D eigenvalue weighted by atomic mass is 35.5. The van der Waals surface area contributed by atoms with Crippen molar-refractivity contribution in [2.24, 2.45) is 0 Å². The molecule has 86 valence electrons. The average Bonchev–Trinajstić information content (AvgIpc) is 2.19. The molecule has 7 heteroatoms. The number of halogens is 4. The lowest BCUT2D eigenvalue weighted by Gasteiger charge is -2.04. The van der Waals surface area contributed by atoms with E-state index in [1.54, 1.807) is 0 Å². The molecule has 0 amide bonds. The van der Waals surface area contributed by atoms with Gasteiger partial charge in [0.25, 0.3) is 0 Å². The van der Waals surface area contributed by atoms with Gasteiger partial charge in [0.15, 0.2) is 23.2 Å². The van der Waals surface area contributed by atoms with Crippen molar-refractivity contribution < 1.29 is 27.9 Å². The van der Waals surface area contributed by atoms with Gasteiger partial charge in [-0.2, -0.15) is 0 Å². The summed E-state index contributed by atoms with van der Waals surface area (Å²) in [5.74, 6) is -7.30. The van der Waals surface area contributed by atoms with Crippen LogP contribution in [0.15, 0.2) is 6.07 Å². The fourth-order valence-electron chi connectivity index (χ4n) is 1.01. The first kappa shape index (κ1) is 12.5. The minimum atomic E-state index is -1.62. The topological polar surface area (TPSA) is 54.4 Å². The predicted molar refractivity (Wildman–Crippen MR) is 47.9 cm³/mol. The van der Waals surface area contributed by atoms with Gasteiger partial charge in [-0.1, -0.05) is 11.6 Å². The lowest BCUT2D eigenvalue weighted by molar-refractivity contribution is -0.135. The van der Waals surface area contributed by atoms with E-state index in [4.69, 9.17) is 16.7 Å². The molecule has 0 spiro atoms. The highest BCUT2D eigenvalue weighted by Crippen LogP contribution is 2.25. The van der Waals surface area contributed by atoms with Crippen LogP contribution in [0, 0.1) is 17.5 Å². The Morgan fingerprint density at radius 2 is 1.81 bits per heavy atom. The van der Waals surface area contributed by atoms with Gasteiger partial charge in [-0.15, -0.1) is 0 Å². The zero-order valence-corrected chi connectivity index (χ0v) is 8.32.